The van der Waals surface area contributed by atoms with Crippen molar-refractivity contribution in [2.45, 2.75) is 58.0 Å². The van der Waals surface area contributed by atoms with Crippen molar-refractivity contribution in [3.05, 3.63) is 0 Å². The van der Waals surface area contributed by atoms with Crippen LogP contribution in [0, 0.1) is 0 Å². The first-order chi connectivity index (χ1) is 8.83. The summed E-state index contributed by atoms with van der Waals surface area (Å²) in [4.78, 5) is 5.37. The number of nitrogens with one attached hydrogen (secondary N) is 1. The fourth-order valence-electron chi connectivity index (χ4n) is 3.55. The van der Waals surface area contributed by atoms with Crippen LogP contribution in [-0.2, 0) is 0 Å². The molecule has 2 saturated heterocycles. The third-order valence-electron chi connectivity index (χ3n) is 4.56. The van der Waals surface area contributed by atoms with E-state index in [9.17, 15) is 0 Å². The number of piperidine rings is 1. The highest BCUT2D eigenvalue weighted by atomic mass is 15.2. The molecule has 0 aromatic carbocycles. The average Bonchev–Trinajstić information content (AvgIpc) is 2.84. The predicted molar refractivity (Wildman–Crippen MR) is 78.0 cm³/mol. The maximum absolute atomic E-state index is 3.70. The molecule has 106 valence electrons. The molecule has 2 fully saturated rings. The van der Waals surface area contributed by atoms with E-state index < -0.39 is 0 Å². The van der Waals surface area contributed by atoms with Crippen molar-refractivity contribution >= 4 is 0 Å². The summed E-state index contributed by atoms with van der Waals surface area (Å²) in [6, 6.07) is 1.58. The molecule has 2 aliphatic rings. The van der Waals surface area contributed by atoms with Crippen molar-refractivity contribution < 1.29 is 0 Å². The summed E-state index contributed by atoms with van der Waals surface area (Å²) in [6.07, 6.45) is 6.82. The minimum absolute atomic E-state index is 0.746. The Morgan fingerprint density at radius 1 is 1.11 bits per heavy atom. The molecule has 2 heterocycles. The van der Waals surface area contributed by atoms with Crippen LogP contribution in [0.2, 0.25) is 0 Å². The molecule has 2 aliphatic heterocycles. The van der Waals surface area contributed by atoms with E-state index in [2.05, 4.69) is 29.0 Å². The summed E-state index contributed by atoms with van der Waals surface area (Å²) in [6.45, 7) is 12.2. The van der Waals surface area contributed by atoms with Crippen molar-refractivity contribution in [2.75, 3.05) is 39.3 Å². The summed E-state index contributed by atoms with van der Waals surface area (Å²) >= 11 is 0. The van der Waals surface area contributed by atoms with Gasteiger partial charge in [-0.3, -0.25) is 4.90 Å². The van der Waals surface area contributed by atoms with Gasteiger partial charge >= 0.3 is 0 Å². The molecule has 0 bridgehead atoms. The van der Waals surface area contributed by atoms with E-state index in [0.29, 0.717) is 0 Å². The first kappa shape index (κ1) is 14.3. The van der Waals surface area contributed by atoms with Crippen molar-refractivity contribution in [1.29, 1.82) is 0 Å². The maximum Gasteiger partial charge on any atom is 0.0223 e. The van der Waals surface area contributed by atoms with E-state index >= 15 is 0 Å². The second-order valence-corrected chi connectivity index (χ2v) is 5.98. The maximum atomic E-state index is 3.70. The van der Waals surface area contributed by atoms with Gasteiger partial charge in [0, 0.05) is 25.2 Å². The molecule has 0 amide bonds. The molecule has 0 spiro atoms. The number of likely N-dealkylation sites (tertiary alicyclic amines) is 2. The Morgan fingerprint density at radius 2 is 1.94 bits per heavy atom. The quantitative estimate of drug-likeness (QED) is 0.780. The molecular formula is C15H31N3. The summed E-state index contributed by atoms with van der Waals surface area (Å²) < 4.78 is 0. The van der Waals surface area contributed by atoms with Crippen LogP contribution in [0.3, 0.4) is 0 Å². The van der Waals surface area contributed by atoms with Crippen molar-refractivity contribution in [2.24, 2.45) is 0 Å². The van der Waals surface area contributed by atoms with Crippen molar-refractivity contribution in [1.82, 2.24) is 15.1 Å². The van der Waals surface area contributed by atoms with Crippen LogP contribution in [0.25, 0.3) is 0 Å². The highest BCUT2D eigenvalue weighted by Gasteiger charge is 2.27. The van der Waals surface area contributed by atoms with Gasteiger partial charge in [-0.1, -0.05) is 13.8 Å². The Balaban J connectivity index is 1.74. The highest BCUT2D eigenvalue weighted by molar-refractivity contribution is 4.85. The van der Waals surface area contributed by atoms with E-state index in [1.54, 1.807) is 0 Å². The lowest BCUT2D eigenvalue weighted by atomic mass is 10.0. The number of rotatable bonds is 6. The normalized spacial score (nSPS) is 31.0. The molecule has 3 nitrogen and oxygen atoms in total. The first-order valence-corrected chi connectivity index (χ1v) is 8.03. The van der Waals surface area contributed by atoms with Crippen molar-refractivity contribution in [3.63, 3.8) is 0 Å². The Hall–Kier alpha value is -0.120. The SMILES string of the molecule is CCCNC1CCCN(CC2CCCN2CC)C1. The van der Waals surface area contributed by atoms with E-state index in [0.717, 1.165) is 12.1 Å². The number of likely N-dealkylation sites (N-methyl/N-ethyl adjacent to an activating group) is 1. The zero-order valence-corrected chi connectivity index (χ0v) is 12.3. The van der Waals surface area contributed by atoms with Crippen LogP contribution >= 0.6 is 0 Å². The molecule has 2 unspecified atom stereocenters. The number of hydrogen-bond acceptors (Lipinski definition) is 3. The van der Waals surface area contributed by atoms with Gasteiger partial charge in [0.05, 0.1) is 0 Å². The lowest BCUT2D eigenvalue weighted by Crippen LogP contribution is -2.49. The van der Waals surface area contributed by atoms with Gasteiger partial charge in [0.15, 0.2) is 0 Å². The minimum atomic E-state index is 0.746. The number of hydrogen-bond donors (Lipinski definition) is 1. The predicted octanol–water partition coefficient (Wildman–Crippen LogP) is 1.93. The van der Waals surface area contributed by atoms with Gasteiger partial charge in [-0.2, -0.15) is 0 Å². The third kappa shape index (κ3) is 3.94. The van der Waals surface area contributed by atoms with Crippen LogP contribution in [0.15, 0.2) is 0 Å². The Labute approximate surface area is 113 Å². The largest absolute Gasteiger partial charge is 0.313 e. The Kier molecular flexibility index (Phi) is 5.93. The summed E-state index contributed by atoms with van der Waals surface area (Å²) in [7, 11) is 0. The molecule has 3 heteroatoms. The van der Waals surface area contributed by atoms with Crippen LogP contribution in [0.5, 0.6) is 0 Å². The van der Waals surface area contributed by atoms with Gasteiger partial charge in [-0.25, -0.2) is 0 Å². The lowest BCUT2D eigenvalue weighted by molar-refractivity contribution is 0.139. The zero-order chi connectivity index (χ0) is 12.8. The lowest BCUT2D eigenvalue weighted by Gasteiger charge is -2.36. The summed E-state index contributed by atoms with van der Waals surface area (Å²) in [5.41, 5.74) is 0. The second kappa shape index (κ2) is 7.46. The Bertz CT molecular complexity index is 232. The van der Waals surface area contributed by atoms with Gasteiger partial charge in [0.2, 0.25) is 0 Å². The van der Waals surface area contributed by atoms with Gasteiger partial charge in [-0.15, -0.1) is 0 Å². The van der Waals surface area contributed by atoms with Gasteiger partial charge < -0.3 is 10.2 Å². The van der Waals surface area contributed by atoms with Gasteiger partial charge in [0.1, 0.15) is 0 Å². The van der Waals surface area contributed by atoms with Gasteiger partial charge in [-0.05, 0) is 58.3 Å². The molecule has 0 aromatic rings. The van der Waals surface area contributed by atoms with E-state index in [1.807, 2.05) is 0 Å². The molecule has 0 radical (unpaired) electrons. The molecular weight excluding hydrogens is 222 g/mol. The summed E-state index contributed by atoms with van der Waals surface area (Å²) in [5.74, 6) is 0. The van der Waals surface area contributed by atoms with Crippen molar-refractivity contribution in [3.8, 4) is 0 Å². The van der Waals surface area contributed by atoms with E-state index in [1.165, 1.54) is 71.4 Å². The Morgan fingerprint density at radius 3 is 2.72 bits per heavy atom. The van der Waals surface area contributed by atoms with Crippen LogP contribution in [0.1, 0.15) is 46.0 Å². The summed E-state index contributed by atoms with van der Waals surface area (Å²) in [5, 5.41) is 3.70. The van der Waals surface area contributed by atoms with E-state index in [4.69, 9.17) is 0 Å². The second-order valence-electron chi connectivity index (χ2n) is 5.98. The number of nitrogens with zero attached hydrogens (tertiary/aromatic N) is 2. The first-order valence-electron chi connectivity index (χ1n) is 8.03. The fourth-order valence-corrected chi connectivity index (χ4v) is 3.55. The monoisotopic (exact) mass is 253 g/mol. The molecule has 2 rings (SSSR count). The highest BCUT2D eigenvalue weighted by Crippen LogP contribution is 2.19. The standard InChI is InChI=1S/C15H31N3/c1-3-9-16-14-7-5-10-17(12-14)13-15-8-6-11-18(15)4-2/h14-16H,3-13H2,1-2H3. The smallest absolute Gasteiger partial charge is 0.0223 e. The van der Waals surface area contributed by atoms with Crippen LogP contribution in [-0.4, -0.2) is 61.2 Å². The molecule has 2 atom stereocenters. The molecule has 1 N–H and O–H groups in total. The topological polar surface area (TPSA) is 18.5 Å². The molecule has 0 aliphatic carbocycles. The molecule has 0 aromatic heterocycles. The average molecular weight is 253 g/mol. The molecule has 18 heavy (non-hydrogen) atoms. The molecule has 0 saturated carbocycles. The van der Waals surface area contributed by atoms with Gasteiger partial charge in [0.25, 0.3) is 0 Å². The fraction of sp³-hybridized carbons (Fsp3) is 1.00. The van der Waals surface area contributed by atoms with Crippen LogP contribution in [0.4, 0.5) is 0 Å². The third-order valence-corrected chi connectivity index (χ3v) is 4.56. The zero-order valence-electron chi connectivity index (χ0n) is 12.3. The van der Waals surface area contributed by atoms with E-state index in [-0.39, 0.29) is 0 Å². The minimum Gasteiger partial charge on any atom is -0.313 e. The van der Waals surface area contributed by atoms with Crippen LogP contribution < -0.4 is 5.32 Å².